The minimum absolute atomic E-state index is 0. The Morgan fingerprint density at radius 1 is 1.23 bits per heavy atom. The first-order valence-corrected chi connectivity index (χ1v) is 7.21. The summed E-state index contributed by atoms with van der Waals surface area (Å²) in [5.41, 5.74) is 1.22. The van der Waals surface area contributed by atoms with Crippen molar-refractivity contribution in [3.8, 4) is 0 Å². The van der Waals surface area contributed by atoms with Crippen molar-refractivity contribution in [1.82, 2.24) is 0 Å². The SMILES string of the molecule is COC(=O)CCCC(=O)OC[n+]1cccc(CC(C)C)c1.[Cl-]. The lowest BCUT2D eigenvalue weighted by molar-refractivity contribution is -0.728. The minimum atomic E-state index is -0.307. The number of hydrogen-bond donors (Lipinski definition) is 0. The lowest BCUT2D eigenvalue weighted by Gasteiger charge is -2.05. The van der Waals surface area contributed by atoms with Gasteiger partial charge in [0.1, 0.15) is 0 Å². The Morgan fingerprint density at radius 3 is 2.55 bits per heavy atom. The fourth-order valence-corrected chi connectivity index (χ4v) is 1.95. The standard InChI is InChI=1S/C16H24NO4.ClH/c1-13(2)10-14-6-5-9-17(11-14)12-21-16(19)8-4-7-15(18)20-3;/h5-6,9,11,13H,4,7-8,10,12H2,1-3H3;1H/q+1;/p-1. The maximum atomic E-state index is 11.6. The van der Waals surface area contributed by atoms with Crippen molar-refractivity contribution in [2.75, 3.05) is 7.11 Å². The molecule has 0 unspecified atom stereocenters. The largest absolute Gasteiger partial charge is 1.00 e. The first kappa shape index (κ1) is 20.4. The quantitative estimate of drug-likeness (QED) is 0.454. The molecule has 0 aromatic carbocycles. The molecule has 1 aromatic heterocycles. The van der Waals surface area contributed by atoms with Crippen LogP contribution in [0.15, 0.2) is 24.5 Å². The van der Waals surface area contributed by atoms with E-state index in [-0.39, 0.29) is 43.9 Å². The van der Waals surface area contributed by atoms with Crippen molar-refractivity contribution < 1.29 is 36.0 Å². The second kappa shape index (κ2) is 11.0. The molecule has 1 heterocycles. The van der Waals surface area contributed by atoms with Crippen molar-refractivity contribution in [2.45, 2.75) is 46.3 Å². The van der Waals surface area contributed by atoms with Crippen LogP contribution in [-0.2, 0) is 32.2 Å². The van der Waals surface area contributed by atoms with E-state index in [2.05, 4.69) is 24.7 Å². The van der Waals surface area contributed by atoms with Gasteiger partial charge in [-0.1, -0.05) is 13.8 Å². The number of carbonyl (C=O) groups is 2. The van der Waals surface area contributed by atoms with Gasteiger partial charge in [-0.25, -0.2) is 0 Å². The number of hydrogen-bond acceptors (Lipinski definition) is 4. The van der Waals surface area contributed by atoms with Crippen LogP contribution in [-0.4, -0.2) is 19.0 Å². The average molecular weight is 330 g/mol. The van der Waals surface area contributed by atoms with E-state index < -0.39 is 0 Å². The molecule has 1 rings (SSSR count). The van der Waals surface area contributed by atoms with Gasteiger partial charge in [0.25, 0.3) is 6.73 Å². The molecule has 0 saturated carbocycles. The molecule has 0 spiro atoms. The Kier molecular flexibility index (Phi) is 10.2. The van der Waals surface area contributed by atoms with Gasteiger partial charge in [-0.05, 0) is 24.8 Å². The normalized spacial score (nSPS) is 10.0. The van der Waals surface area contributed by atoms with E-state index in [1.165, 1.54) is 12.7 Å². The van der Waals surface area contributed by atoms with Gasteiger partial charge in [-0.3, -0.25) is 9.59 Å². The van der Waals surface area contributed by atoms with Gasteiger partial charge in [-0.15, -0.1) is 0 Å². The minimum Gasteiger partial charge on any atom is -1.00 e. The van der Waals surface area contributed by atoms with Crippen LogP contribution in [0.4, 0.5) is 0 Å². The molecule has 124 valence electrons. The molecule has 0 amide bonds. The Labute approximate surface area is 138 Å². The first-order valence-electron chi connectivity index (χ1n) is 7.21. The smallest absolute Gasteiger partial charge is 0.310 e. The van der Waals surface area contributed by atoms with Gasteiger partial charge in [0.2, 0.25) is 0 Å². The molecule has 0 aliphatic carbocycles. The number of pyridine rings is 1. The molecule has 0 atom stereocenters. The lowest BCUT2D eigenvalue weighted by atomic mass is 10.1. The first-order chi connectivity index (χ1) is 10.0. The van der Waals surface area contributed by atoms with Gasteiger partial charge in [0, 0.05) is 24.5 Å². The fourth-order valence-electron chi connectivity index (χ4n) is 1.95. The third kappa shape index (κ3) is 8.62. The molecule has 6 heteroatoms. The van der Waals surface area contributed by atoms with Crippen molar-refractivity contribution in [3.63, 3.8) is 0 Å². The van der Waals surface area contributed by atoms with E-state index in [0.717, 1.165) is 6.42 Å². The summed E-state index contributed by atoms with van der Waals surface area (Å²) < 4.78 is 11.5. The summed E-state index contributed by atoms with van der Waals surface area (Å²) in [6.45, 7) is 4.53. The molecule has 0 aliphatic heterocycles. The van der Waals surface area contributed by atoms with Gasteiger partial charge in [-0.2, -0.15) is 4.57 Å². The summed E-state index contributed by atoms with van der Waals surface area (Å²) in [5.74, 6) is -0.0269. The summed E-state index contributed by atoms with van der Waals surface area (Å²) in [5, 5.41) is 0. The van der Waals surface area contributed by atoms with Crippen LogP contribution in [0.3, 0.4) is 0 Å². The van der Waals surface area contributed by atoms with Crippen LogP contribution < -0.4 is 17.0 Å². The third-order valence-corrected chi connectivity index (χ3v) is 2.93. The number of aromatic nitrogens is 1. The van der Waals surface area contributed by atoms with E-state index in [0.29, 0.717) is 12.3 Å². The summed E-state index contributed by atoms with van der Waals surface area (Å²) in [6.07, 6.45) is 5.76. The van der Waals surface area contributed by atoms with Crippen LogP contribution in [0.1, 0.15) is 38.7 Å². The van der Waals surface area contributed by atoms with Crippen molar-refractivity contribution in [3.05, 3.63) is 30.1 Å². The summed E-state index contributed by atoms with van der Waals surface area (Å²) in [4.78, 5) is 22.5. The number of rotatable bonds is 8. The van der Waals surface area contributed by atoms with Crippen LogP contribution in [0, 0.1) is 5.92 Å². The summed E-state index contributed by atoms with van der Waals surface area (Å²) in [6, 6.07) is 4.01. The Morgan fingerprint density at radius 2 is 1.91 bits per heavy atom. The predicted octanol–water partition coefficient (Wildman–Crippen LogP) is -0.979. The van der Waals surface area contributed by atoms with Gasteiger partial charge in [0.15, 0.2) is 12.4 Å². The highest BCUT2D eigenvalue weighted by atomic mass is 35.5. The molecule has 0 saturated heterocycles. The summed E-state index contributed by atoms with van der Waals surface area (Å²) in [7, 11) is 1.33. The molecule has 0 radical (unpaired) electrons. The zero-order valence-electron chi connectivity index (χ0n) is 13.4. The monoisotopic (exact) mass is 329 g/mol. The highest BCUT2D eigenvalue weighted by molar-refractivity contribution is 5.72. The maximum absolute atomic E-state index is 11.6. The molecule has 0 aliphatic rings. The number of nitrogens with zero attached hydrogens (tertiary/aromatic N) is 1. The topological polar surface area (TPSA) is 56.5 Å². The van der Waals surface area contributed by atoms with E-state index in [9.17, 15) is 9.59 Å². The van der Waals surface area contributed by atoms with Gasteiger partial charge >= 0.3 is 11.9 Å². The van der Waals surface area contributed by atoms with Crippen LogP contribution >= 0.6 is 0 Å². The van der Waals surface area contributed by atoms with Crippen LogP contribution in [0.5, 0.6) is 0 Å². The van der Waals surface area contributed by atoms with E-state index >= 15 is 0 Å². The number of ether oxygens (including phenoxy) is 2. The second-order valence-corrected chi connectivity index (χ2v) is 5.40. The highest BCUT2D eigenvalue weighted by Gasteiger charge is 2.09. The predicted molar refractivity (Wildman–Crippen MR) is 77.1 cm³/mol. The van der Waals surface area contributed by atoms with Crippen LogP contribution in [0.25, 0.3) is 0 Å². The molecule has 5 nitrogen and oxygen atoms in total. The zero-order valence-corrected chi connectivity index (χ0v) is 14.1. The Hall–Kier alpha value is -1.62. The molecule has 1 aromatic rings. The Bertz CT molecular complexity index is 477. The molecule has 22 heavy (non-hydrogen) atoms. The van der Waals surface area contributed by atoms with Crippen LogP contribution in [0.2, 0.25) is 0 Å². The molecular formula is C16H24ClNO4. The number of methoxy groups -OCH3 is 1. The Balaban J connectivity index is 0.00000441. The molecule has 0 N–H and O–H groups in total. The van der Waals surface area contributed by atoms with E-state index in [4.69, 9.17) is 4.74 Å². The van der Waals surface area contributed by atoms with Crippen molar-refractivity contribution in [2.24, 2.45) is 5.92 Å². The van der Waals surface area contributed by atoms with Crippen molar-refractivity contribution >= 4 is 11.9 Å². The van der Waals surface area contributed by atoms with Gasteiger partial charge in [0.05, 0.1) is 7.11 Å². The second-order valence-electron chi connectivity index (χ2n) is 5.40. The zero-order chi connectivity index (χ0) is 15.7. The molecular weight excluding hydrogens is 306 g/mol. The van der Waals surface area contributed by atoms with Gasteiger partial charge < -0.3 is 21.9 Å². The number of halogens is 1. The van der Waals surface area contributed by atoms with Crippen molar-refractivity contribution in [1.29, 1.82) is 0 Å². The molecule has 0 bridgehead atoms. The third-order valence-electron chi connectivity index (χ3n) is 2.93. The lowest BCUT2D eigenvalue weighted by Crippen LogP contribution is -3.00. The highest BCUT2D eigenvalue weighted by Crippen LogP contribution is 2.05. The number of esters is 2. The maximum Gasteiger partial charge on any atom is 0.310 e. The summed E-state index contributed by atoms with van der Waals surface area (Å²) >= 11 is 0. The average Bonchev–Trinajstić information content (AvgIpc) is 2.44. The number of carbonyl (C=O) groups excluding carboxylic acids is 2. The molecule has 0 fully saturated rings. The van der Waals surface area contributed by atoms with E-state index in [1.54, 1.807) is 0 Å². The van der Waals surface area contributed by atoms with E-state index in [1.807, 2.05) is 23.0 Å². The fraction of sp³-hybridized carbons (Fsp3) is 0.562.